The van der Waals surface area contributed by atoms with Crippen LogP contribution in [-0.2, 0) is 14.3 Å². The summed E-state index contributed by atoms with van der Waals surface area (Å²) in [5.41, 5.74) is 4.91. The molecule has 1 aromatic heterocycles. The average Bonchev–Trinajstić information content (AvgIpc) is 3.22. The van der Waals surface area contributed by atoms with Crippen LogP contribution in [0.5, 0.6) is 0 Å². The summed E-state index contributed by atoms with van der Waals surface area (Å²) in [6, 6.07) is 13.7. The molecule has 2 heterocycles. The lowest BCUT2D eigenvalue weighted by molar-refractivity contribution is -0.136. The van der Waals surface area contributed by atoms with Gasteiger partial charge in [0.25, 0.3) is 5.91 Å². The van der Waals surface area contributed by atoms with Crippen LogP contribution in [0.2, 0.25) is 5.02 Å². The lowest BCUT2D eigenvalue weighted by Gasteiger charge is -2.18. The molecule has 0 aliphatic carbocycles. The van der Waals surface area contributed by atoms with Gasteiger partial charge in [0.15, 0.2) is 0 Å². The fourth-order valence-corrected chi connectivity index (χ4v) is 4.48. The van der Waals surface area contributed by atoms with Crippen molar-refractivity contribution in [3.05, 3.63) is 98.7 Å². The number of ether oxygens (including phenoxy) is 1. The van der Waals surface area contributed by atoms with Gasteiger partial charge in [-0.15, -0.1) is 0 Å². The van der Waals surface area contributed by atoms with Gasteiger partial charge in [0, 0.05) is 22.1 Å². The number of para-hydroxylation sites is 1. The normalized spacial score (nSPS) is 15.0. The van der Waals surface area contributed by atoms with E-state index in [0.717, 1.165) is 17.0 Å². The van der Waals surface area contributed by atoms with Crippen molar-refractivity contribution in [3.8, 4) is 5.69 Å². The highest BCUT2D eigenvalue weighted by atomic mass is 35.5. The zero-order valence-electron chi connectivity index (χ0n) is 19.6. The summed E-state index contributed by atoms with van der Waals surface area (Å²) < 4.78 is 21.3. The van der Waals surface area contributed by atoms with E-state index >= 15 is 0 Å². The van der Waals surface area contributed by atoms with Crippen LogP contribution in [0.3, 0.4) is 0 Å². The quantitative estimate of drug-likeness (QED) is 0.337. The molecule has 1 aliphatic rings. The number of rotatable bonds is 4. The highest BCUT2D eigenvalue weighted by Crippen LogP contribution is 2.37. The maximum Gasteiger partial charge on any atom is 0.340 e. The second-order valence-electron chi connectivity index (χ2n) is 8.20. The van der Waals surface area contributed by atoms with Gasteiger partial charge < -0.3 is 9.30 Å². The van der Waals surface area contributed by atoms with E-state index in [2.05, 4.69) is 0 Å². The van der Waals surface area contributed by atoms with Gasteiger partial charge in [-0.3, -0.25) is 9.69 Å². The van der Waals surface area contributed by atoms with Gasteiger partial charge in [0.2, 0.25) is 0 Å². The largest absolute Gasteiger partial charge is 0.465 e. The first kappa shape index (κ1) is 23.5. The number of hydrogen-bond acceptors (Lipinski definition) is 3. The Labute approximate surface area is 202 Å². The molecule has 0 spiro atoms. The molecular weight excluding hydrogens is 455 g/mol. The summed E-state index contributed by atoms with van der Waals surface area (Å²) in [6.45, 7) is 7.27. The fraction of sp³-hybridized carbons (Fsp3) is 0.185. The smallest absolute Gasteiger partial charge is 0.340 e. The summed E-state index contributed by atoms with van der Waals surface area (Å²) in [7, 11) is 1.28. The van der Waals surface area contributed by atoms with Gasteiger partial charge in [0.05, 0.1) is 29.6 Å². The van der Waals surface area contributed by atoms with Crippen LogP contribution >= 0.6 is 11.6 Å². The van der Waals surface area contributed by atoms with Crippen molar-refractivity contribution in [3.63, 3.8) is 0 Å². The highest BCUT2D eigenvalue weighted by Gasteiger charge is 2.38. The highest BCUT2D eigenvalue weighted by molar-refractivity contribution is 6.32. The molecule has 174 valence electrons. The minimum atomic E-state index is -0.610. The molecule has 0 radical (unpaired) electrons. The predicted molar refractivity (Wildman–Crippen MR) is 132 cm³/mol. The Morgan fingerprint density at radius 3 is 2.41 bits per heavy atom. The van der Waals surface area contributed by atoms with Crippen LogP contribution in [0.4, 0.5) is 10.1 Å². The maximum absolute atomic E-state index is 14.5. The van der Waals surface area contributed by atoms with Crippen molar-refractivity contribution in [2.75, 3.05) is 12.0 Å². The molecular formula is C27H24ClFN2O3. The van der Waals surface area contributed by atoms with Crippen LogP contribution in [0, 0.1) is 26.6 Å². The molecule has 0 saturated carbocycles. The second kappa shape index (κ2) is 8.95. The van der Waals surface area contributed by atoms with E-state index in [-0.39, 0.29) is 22.9 Å². The van der Waals surface area contributed by atoms with Crippen molar-refractivity contribution in [2.45, 2.75) is 27.7 Å². The third-order valence-corrected chi connectivity index (χ3v) is 6.47. The standard InChI is InChI=1S/C27H24ClFN2O3/c1-15-10-11-20(14-22(15)28)31-18(4)25(27(33)34-5)21(26(31)32)13-19-12-16(2)30(17(19)3)24-9-7-6-8-23(24)29/h6-14H,1-5H3/b21-13-. The van der Waals surface area contributed by atoms with E-state index in [9.17, 15) is 14.0 Å². The first-order chi connectivity index (χ1) is 16.1. The minimum Gasteiger partial charge on any atom is -0.465 e. The third kappa shape index (κ3) is 3.84. The van der Waals surface area contributed by atoms with Gasteiger partial charge in [-0.2, -0.15) is 0 Å². The topological polar surface area (TPSA) is 51.5 Å². The number of halogens is 2. The number of anilines is 1. The Bertz CT molecular complexity index is 1400. The first-order valence-electron chi connectivity index (χ1n) is 10.7. The molecule has 7 heteroatoms. The molecule has 0 fully saturated rings. The van der Waals surface area contributed by atoms with E-state index in [1.165, 1.54) is 18.1 Å². The molecule has 0 saturated heterocycles. The predicted octanol–water partition coefficient (Wildman–Crippen LogP) is 6.07. The number of carbonyl (C=O) groups excluding carboxylic acids is 2. The molecule has 0 unspecified atom stereocenters. The second-order valence-corrected chi connectivity index (χ2v) is 8.60. The number of methoxy groups -OCH3 is 1. The van der Waals surface area contributed by atoms with E-state index in [0.29, 0.717) is 27.7 Å². The van der Waals surface area contributed by atoms with E-state index in [1.807, 2.05) is 32.9 Å². The Kier molecular flexibility index (Phi) is 6.19. The van der Waals surface area contributed by atoms with Crippen LogP contribution in [0.15, 0.2) is 65.4 Å². The van der Waals surface area contributed by atoms with Crippen LogP contribution in [0.25, 0.3) is 11.8 Å². The molecule has 3 aromatic rings. The van der Waals surface area contributed by atoms with Gasteiger partial charge in [-0.1, -0.05) is 29.8 Å². The minimum absolute atomic E-state index is 0.180. The Morgan fingerprint density at radius 1 is 1.06 bits per heavy atom. The lowest BCUT2D eigenvalue weighted by Crippen LogP contribution is -2.24. The molecule has 1 aliphatic heterocycles. The van der Waals surface area contributed by atoms with Crippen molar-refractivity contribution in [1.29, 1.82) is 0 Å². The molecule has 0 atom stereocenters. The van der Waals surface area contributed by atoms with Crippen LogP contribution in [0.1, 0.15) is 29.4 Å². The van der Waals surface area contributed by atoms with Crippen LogP contribution < -0.4 is 4.90 Å². The Balaban J connectivity index is 1.87. The average molecular weight is 479 g/mol. The van der Waals surface area contributed by atoms with E-state index < -0.39 is 5.97 Å². The number of aromatic nitrogens is 1. The zero-order valence-corrected chi connectivity index (χ0v) is 20.3. The molecule has 4 rings (SSSR count). The fourth-order valence-electron chi connectivity index (χ4n) is 4.30. The monoisotopic (exact) mass is 478 g/mol. The number of carbonyl (C=O) groups is 2. The molecule has 0 bridgehead atoms. The number of amides is 1. The summed E-state index contributed by atoms with van der Waals surface area (Å²) in [5, 5.41) is 0.517. The number of allylic oxidation sites excluding steroid dienone is 1. The van der Waals surface area contributed by atoms with E-state index in [1.54, 1.807) is 47.9 Å². The van der Waals surface area contributed by atoms with Crippen molar-refractivity contribution >= 4 is 35.2 Å². The molecule has 34 heavy (non-hydrogen) atoms. The lowest BCUT2D eigenvalue weighted by atomic mass is 10.0. The summed E-state index contributed by atoms with van der Waals surface area (Å²) in [4.78, 5) is 27.7. The number of esters is 1. The first-order valence-corrected chi connectivity index (χ1v) is 11.1. The van der Waals surface area contributed by atoms with Crippen LogP contribution in [-0.4, -0.2) is 23.6 Å². The third-order valence-electron chi connectivity index (χ3n) is 6.07. The summed E-state index contributed by atoms with van der Waals surface area (Å²) in [6.07, 6.45) is 1.66. The summed E-state index contributed by atoms with van der Waals surface area (Å²) >= 11 is 6.30. The van der Waals surface area contributed by atoms with Gasteiger partial charge in [-0.25, -0.2) is 9.18 Å². The van der Waals surface area contributed by atoms with Gasteiger partial charge in [-0.05, 0) is 75.2 Å². The van der Waals surface area contributed by atoms with Crippen molar-refractivity contribution in [1.82, 2.24) is 4.57 Å². The molecule has 2 aromatic carbocycles. The van der Waals surface area contributed by atoms with Gasteiger partial charge in [0.1, 0.15) is 5.82 Å². The van der Waals surface area contributed by atoms with Crippen molar-refractivity contribution < 1.29 is 18.7 Å². The number of benzene rings is 2. The molecule has 5 nitrogen and oxygen atoms in total. The number of nitrogens with zero attached hydrogens (tertiary/aromatic N) is 2. The van der Waals surface area contributed by atoms with Crippen molar-refractivity contribution in [2.24, 2.45) is 0 Å². The number of aryl methyl sites for hydroxylation is 2. The summed E-state index contributed by atoms with van der Waals surface area (Å²) in [5.74, 6) is -1.33. The molecule has 1 amide bonds. The van der Waals surface area contributed by atoms with Gasteiger partial charge >= 0.3 is 5.97 Å². The Hall–Kier alpha value is -3.64. The maximum atomic E-state index is 14.5. The molecule has 0 N–H and O–H groups in total. The Morgan fingerprint density at radius 2 is 1.76 bits per heavy atom. The zero-order chi connectivity index (χ0) is 24.7. The number of hydrogen-bond donors (Lipinski definition) is 0. The SMILES string of the molecule is COC(=O)C1=C(C)N(c2ccc(C)c(Cl)c2)C(=O)/C1=C\c1cc(C)n(-c2ccccc2F)c1C. The van der Waals surface area contributed by atoms with E-state index in [4.69, 9.17) is 16.3 Å².